The second-order valence-corrected chi connectivity index (χ2v) is 8.74. The van der Waals surface area contributed by atoms with E-state index in [1.807, 2.05) is 29.2 Å². The van der Waals surface area contributed by atoms with Crippen molar-refractivity contribution in [2.75, 3.05) is 53.0 Å². The minimum absolute atomic E-state index is 0.0257. The summed E-state index contributed by atoms with van der Waals surface area (Å²) >= 11 is 0. The molecule has 0 saturated carbocycles. The molecule has 0 atom stereocenters. The number of hydrogen-bond acceptors (Lipinski definition) is 4. The first kappa shape index (κ1) is 22.6. The number of amides is 1. The van der Waals surface area contributed by atoms with Gasteiger partial charge < -0.3 is 20.3 Å². The summed E-state index contributed by atoms with van der Waals surface area (Å²) in [4.78, 5) is 21.4. The molecule has 0 aromatic heterocycles. The largest absolute Gasteiger partial charge is 0.379 e. The van der Waals surface area contributed by atoms with Crippen LogP contribution in [-0.4, -0.2) is 80.2 Å². The standard InChI is InChI=1S/C23H37N5O2/c1-23(2,28-13-15-30-16-14-28)18-26-22(24-3)25-17-19-7-9-20(10-8-19)21(29)27-11-5-4-6-12-27/h7-10H,4-6,11-18H2,1-3H3,(H2,24,25,26). The Morgan fingerprint density at radius 3 is 2.33 bits per heavy atom. The molecule has 7 nitrogen and oxygen atoms in total. The summed E-state index contributed by atoms with van der Waals surface area (Å²) in [6, 6.07) is 7.92. The van der Waals surface area contributed by atoms with E-state index in [0.717, 1.165) is 75.9 Å². The first-order valence-corrected chi connectivity index (χ1v) is 11.2. The van der Waals surface area contributed by atoms with E-state index in [9.17, 15) is 4.79 Å². The lowest BCUT2D eigenvalue weighted by Crippen LogP contribution is -2.56. The third-order valence-corrected chi connectivity index (χ3v) is 6.08. The van der Waals surface area contributed by atoms with Crippen LogP contribution in [0.15, 0.2) is 29.3 Å². The van der Waals surface area contributed by atoms with Crippen molar-refractivity contribution in [2.45, 2.75) is 45.2 Å². The average molecular weight is 416 g/mol. The summed E-state index contributed by atoms with van der Waals surface area (Å²) < 4.78 is 5.46. The fourth-order valence-electron chi connectivity index (χ4n) is 4.03. The molecule has 0 radical (unpaired) electrons. The SMILES string of the molecule is CN=C(NCc1ccc(C(=O)N2CCCCC2)cc1)NCC(C)(C)N1CCOCC1. The molecule has 1 amide bonds. The van der Waals surface area contributed by atoms with Gasteiger partial charge in [-0.15, -0.1) is 0 Å². The number of nitrogens with zero attached hydrogens (tertiary/aromatic N) is 3. The second kappa shape index (κ2) is 10.8. The Kier molecular flexibility index (Phi) is 8.10. The van der Waals surface area contributed by atoms with Crippen LogP contribution in [0.4, 0.5) is 0 Å². The van der Waals surface area contributed by atoms with Gasteiger partial charge in [0.05, 0.1) is 13.2 Å². The number of hydrogen-bond donors (Lipinski definition) is 2. The number of carbonyl (C=O) groups excluding carboxylic acids is 1. The number of aliphatic imine (C=N–C) groups is 1. The first-order valence-electron chi connectivity index (χ1n) is 11.2. The normalized spacial score (nSPS) is 18.9. The van der Waals surface area contributed by atoms with Gasteiger partial charge in [-0.25, -0.2) is 0 Å². The quantitative estimate of drug-likeness (QED) is 0.550. The van der Waals surface area contributed by atoms with Crippen LogP contribution in [0.3, 0.4) is 0 Å². The Morgan fingerprint density at radius 1 is 1.03 bits per heavy atom. The highest BCUT2D eigenvalue weighted by Crippen LogP contribution is 2.15. The van der Waals surface area contributed by atoms with E-state index in [1.165, 1.54) is 6.42 Å². The maximum atomic E-state index is 12.6. The first-order chi connectivity index (χ1) is 14.5. The summed E-state index contributed by atoms with van der Waals surface area (Å²) in [5.74, 6) is 0.932. The molecule has 7 heteroatoms. The highest BCUT2D eigenvalue weighted by Gasteiger charge is 2.28. The van der Waals surface area contributed by atoms with Crippen molar-refractivity contribution in [2.24, 2.45) is 4.99 Å². The van der Waals surface area contributed by atoms with Crippen LogP contribution in [-0.2, 0) is 11.3 Å². The summed E-state index contributed by atoms with van der Waals surface area (Å²) in [6.07, 6.45) is 3.46. The van der Waals surface area contributed by atoms with Crippen molar-refractivity contribution in [1.82, 2.24) is 20.4 Å². The number of carbonyl (C=O) groups is 1. The Morgan fingerprint density at radius 2 is 1.70 bits per heavy atom. The molecule has 2 fully saturated rings. The molecule has 166 valence electrons. The molecule has 3 rings (SSSR count). The lowest BCUT2D eigenvalue weighted by molar-refractivity contribution is -0.00834. The maximum Gasteiger partial charge on any atom is 0.253 e. The molecule has 0 aliphatic carbocycles. The highest BCUT2D eigenvalue weighted by molar-refractivity contribution is 5.94. The van der Waals surface area contributed by atoms with Gasteiger partial charge in [0, 0.05) is 57.4 Å². The van der Waals surface area contributed by atoms with E-state index in [-0.39, 0.29) is 11.4 Å². The fraction of sp³-hybridized carbons (Fsp3) is 0.652. The molecule has 2 aliphatic rings. The lowest BCUT2D eigenvalue weighted by Gasteiger charge is -2.41. The van der Waals surface area contributed by atoms with Gasteiger partial charge in [0.15, 0.2) is 5.96 Å². The second-order valence-electron chi connectivity index (χ2n) is 8.74. The van der Waals surface area contributed by atoms with E-state index in [1.54, 1.807) is 7.05 Å². The van der Waals surface area contributed by atoms with Crippen LogP contribution in [0.25, 0.3) is 0 Å². The molecule has 0 bridgehead atoms. The summed E-state index contributed by atoms with van der Waals surface area (Å²) in [7, 11) is 1.79. The predicted octanol–water partition coefficient (Wildman–Crippen LogP) is 2.09. The highest BCUT2D eigenvalue weighted by atomic mass is 16.5. The Balaban J connectivity index is 1.47. The summed E-state index contributed by atoms with van der Waals surface area (Å²) in [5, 5.41) is 6.82. The number of guanidine groups is 1. The van der Waals surface area contributed by atoms with Gasteiger partial charge in [-0.05, 0) is 50.8 Å². The van der Waals surface area contributed by atoms with E-state index < -0.39 is 0 Å². The Bertz CT molecular complexity index is 705. The molecule has 2 N–H and O–H groups in total. The van der Waals surface area contributed by atoms with Crippen LogP contribution < -0.4 is 10.6 Å². The van der Waals surface area contributed by atoms with Gasteiger partial charge in [0.2, 0.25) is 0 Å². The molecule has 1 aromatic rings. The van der Waals surface area contributed by atoms with Gasteiger partial charge in [0.1, 0.15) is 0 Å². The van der Waals surface area contributed by atoms with Gasteiger partial charge in [-0.2, -0.15) is 0 Å². The van der Waals surface area contributed by atoms with Crippen LogP contribution in [0.1, 0.15) is 49.0 Å². The average Bonchev–Trinajstić information content (AvgIpc) is 2.80. The number of ether oxygens (including phenoxy) is 1. The molecule has 0 unspecified atom stereocenters. The Labute approximate surface area is 180 Å². The van der Waals surface area contributed by atoms with Gasteiger partial charge >= 0.3 is 0 Å². The van der Waals surface area contributed by atoms with Crippen LogP contribution in [0, 0.1) is 0 Å². The van der Waals surface area contributed by atoms with Crippen molar-refractivity contribution >= 4 is 11.9 Å². The van der Waals surface area contributed by atoms with Crippen molar-refractivity contribution in [3.63, 3.8) is 0 Å². The predicted molar refractivity (Wildman–Crippen MR) is 121 cm³/mol. The molecule has 1 aromatic carbocycles. The van der Waals surface area contributed by atoms with E-state index in [0.29, 0.717) is 6.54 Å². The smallest absolute Gasteiger partial charge is 0.253 e. The zero-order chi connectivity index (χ0) is 21.4. The molecule has 2 aliphatic heterocycles. The molecule has 0 spiro atoms. The minimum atomic E-state index is 0.0257. The van der Waals surface area contributed by atoms with Gasteiger partial charge in [0.25, 0.3) is 5.91 Å². The number of morpholine rings is 1. The molecule has 2 saturated heterocycles. The molecular weight excluding hydrogens is 378 g/mol. The number of nitrogens with one attached hydrogen (secondary N) is 2. The van der Waals surface area contributed by atoms with Crippen molar-refractivity contribution in [3.05, 3.63) is 35.4 Å². The third-order valence-electron chi connectivity index (χ3n) is 6.08. The summed E-state index contributed by atoms with van der Waals surface area (Å²) in [5.41, 5.74) is 1.92. The maximum absolute atomic E-state index is 12.6. The van der Waals surface area contributed by atoms with E-state index in [2.05, 4.69) is 34.4 Å². The van der Waals surface area contributed by atoms with Crippen molar-refractivity contribution in [3.8, 4) is 0 Å². The summed E-state index contributed by atoms with van der Waals surface area (Å²) in [6.45, 7) is 11.2. The van der Waals surface area contributed by atoms with Crippen molar-refractivity contribution < 1.29 is 9.53 Å². The zero-order valence-corrected chi connectivity index (χ0v) is 18.7. The van der Waals surface area contributed by atoms with Crippen LogP contribution >= 0.6 is 0 Å². The Hall–Kier alpha value is -2.12. The molecule has 2 heterocycles. The van der Waals surface area contributed by atoms with Crippen LogP contribution in [0.2, 0.25) is 0 Å². The molecule has 30 heavy (non-hydrogen) atoms. The van der Waals surface area contributed by atoms with Crippen molar-refractivity contribution in [1.29, 1.82) is 0 Å². The monoisotopic (exact) mass is 415 g/mol. The number of rotatable bonds is 6. The topological polar surface area (TPSA) is 69.2 Å². The minimum Gasteiger partial charge on any atom is -0.379 e. The zero-order valence-electron chi connectivity index (χ0n) is 18.7. The van der Waals surface area contributed by atoms with E-state index >= 15 is 0 Å². The van der Waals surface area contributed by atoms with Gasteiger partial charge in [-0.3, -0.25) is 14.7 Å². The van der Waals surface area contributed by atoms with Gasteiger partial charge in [-0.1, -0.05) is 12.1 Å². The number of piperidine rings is 1. The van der Waals surface area contributed by atoms with E-state index in [4.69, 9.17) is 4.74 Å². The third kappa shape index (κ3) is 6.19. The molecular formula is C23H37N5O2. The lowest BCUT2D eigenvalue weighted by atomic mass is 10.0. The van der Waals surface area contributed by atoms with Crippen LogP contribution in [0.5, 0.6) is 0 Å². The number of benzene rings is 1. The number of likely N-dealkylation sites (tertiary alicyclic amines) is 1. The fourth-order valence-corrected chi connectivity index (χ4v) is 4.03.